The molecule has 4 nitrogen and oxygen atoms in total. The molecule has 1 atom stereocenters. The molecule has 0 N–H and O–H groups in total. The molecule has 0 radical (unpaired) electrons. The molecular weight excluding hydrogens is 318 g/mol. The number of rotatable bonds is 3. The zero-order valence-electron chi connectivity index (χ0n) is 10.4. The van der Waals surface area contributed by atoms with Crippen molar-refractivity contribution in [3.05, 3.63) is 28.2 Å². The fourth-order valence-corrected chi connectivity index (χ4v) is 4.09. The number of ether oxygens (including phenoxy) is 1. The molecule has 1 fully saturated rings. The molecule has 0 aromatic heterocycles. The van der Waals surface area contributed by atoms with E-state index in [1.807, 2.05) is 6.92 Å². The number of hydrogen-bond acceptors (Lipinski definition) is 3. The van der Waals surface area contributed by atoms with Crippen LogP contribution in [0.4, 0.5) is 0 Å². The smallest absolute Gasteiger partial charge is 0.245 e. The predicted octanol–water partition coefficient (Wildman–Crippen LogP) is 2.51. The van der Waals surface area contributed by atoms with Gasteiger partial charge in [-0.25, -0.2) is 8.42 Å². The first-order valence-electron chi connectivity index (χ1n) is 5.77. The second-order valence-electron chi connectivity index (χ2n) is 4.36. The Morgan fingerprint density at radius 2 is 2.17 bits per heavy atom. The average molecular weight is 334 g/mol. The monoisotopic (exact) mass is 333 g/mol. The standard InChI is InChI=1S/C12H16BrNO3S/c1-9-8-10(5-6-11(9)13)18(15,16)14-7-3-4-12(14)17-2/h5-6,8,12H,3-4,7H2,1-2H3/t12-/m0/s1. The first-order valence-corrected chi connectivity index (χ1v) is 8.01. The van der Waals surface area contributed by atoms with E-state index in [0.29, 0.717) is 11.4 Å². The van der Waals surface area contributed by atoms with Gasteiger partial charge in [-0.15, -0.1) is 0 Å². The Labute approximate surface area is 116 Å². The normalized spacial score (nSPS) is 21.4. The molecule has 18 heavy (non-hydrogen) atoms. The van der Waals surface area contributed by atoms with Crippen molar-refractivity contribution in [3.63, 3.8) is 0 Å². The van der Waals surface area contributed by atoms with Gasteiger partial charge in [0.25, 0.3) is 0 Å². The highest BCUT2D eigenvalue weighted by Crippen LogP contribution is 2.28. The van der Waals surface area contributed by atoms with Crippen LogP contribution >= 0.6 is 15.9 Å². The van der Waals surface area contributed by atoms with E-state index in [2.05, 4.69) is 15.9 Å². The maximum atomic E-state index is 12.5. The Hall–Kier alpha value is -0.430. The molecule has 1 aliphatic rings. The van der Waals surface area contributed by atoms with Crippen molar-refractivity contribution in [1.82, 2.24) is 4.31 Å². The molecule has 100 valence electrons. The number of methoxy groups -OCH3 is 1. The third kappa shape index (κ3) is 2.47. The zero-order valence-corrected chi connectivity index (χ0v) is 12.8. The number of sulfonamides is 1. The second-order valence-corrected chi connectivity index (χ2v) is 7.10. The van der Waals surface area contributed by atoms with E-state index < -0.39 is 10.0 Å². The fraction of sp³-hybridized carbons (Fsp3) is 0.500. The lowest BCUT2D eigenvalue weighted by molar-refractivity contribution is 0.0406. The summed E-state index contributed by atoms with van der Waals surface area (Å²) in [6.07, 6.45) is 1.26. The van der Waals surface area contributed by atoms with E-state index in [1.165, 1.54) is 4.31 Å². The molecule has 1 aliphatic heterocycles. The summed E-state index contributed by atoms with van der Waals surface area (Å²) in [5.41, 5.74) is 0.907. The minimum atomic E-state index is -3.45. The second kappa shape index (κ2) is 5.28. The predicted molar refractivity (Wildman–Crippen MR) is 72.8 cm³/mol. The molecular formula is C12H16BrNO3S. The summed E-state index contributed by atoms with van der Waals surface area (Å²) in [7, 11) is -1.90. The number of aryl methyl sites for hydroxylation is 1. The third-order valence-corrected chi connectivity index (χ3v) is 5.93. The number of hydrogen-bond donors (Lipinski definition) is 0. The van der Waals surface area contributed by atoms with E-state index in [4.69, 9.17) is 4.74 Å². The first kappa shape index (κ1) is 14.0. The van der Waals surface area contributed by atoms with E-state index >= 15 is 0 Å². The van der Waals surface area contributed by atoms with E-state index in [1.54, 1.807) is 25.3 Å². The lowest BCUT2D eigenvalue weighted by Gasteiger charge is -2.22. The third-order valence-electron chi connectivity index (χ3n) is 3.16. The van der Waals surface area contributed by atoms with Gasteiger partial charge in [-0.2, -0.15) is 4.31 Å². The largest absolute Gasteiger partial charge is 0.365 e. The molecule has 1 saturated heterocycles. The maximum Gasteiger partial charge on any atom is 0.245 e. The Morgan fingerprint density at radius 1 is 1.44 bits per heavy atom. The zero-order chi connectivity index (χ0) is 13.3. The Bertz CT molecular complexity index is 544. The van der Waals surface area contributed by atoms with Crippen molar-refractivity contribution in [3.8, 4) is 0 Å². The molecule has 1 heterocycles. The topological polar surface area (TPSA) is 46.6 Å². The highest BCUT2D eigenvalue weighted by molar-refractivity contribution is 9.10. The fourth-order valence-electron chi connectivity index (χ4n) is 2.13. The van der Waals surface area contributed by atoms with Crippen LogP contribution in [0, 0.1) is 6.92 Å². The van der Waals surface area contributed by atoms with Crippen molar-refractivity contribution >= 4 is 26.0 Å². The molecule has 0 spiro atoms. The number of nitrogens with zero attached hydrogens (tertiary/aromatic N) is 1. The minimum Gasteiger partial charge on any atom is -0.365 e. The van der Waals surface area contributed by atoms with Crippen LogP contribution in [0.1, 0.15) is 18.4 Å². The van der Waals surface area contributed by atoms with E-state index in [-0.39, 0.29) is 6.23 Å². The summed E-state index contributed by atoms with van der Waals surface area (Å²) in [5, 5.41) is 0. The van der Waals surface area contributed by atoms with Crippen molar-refractivity contribution in [2.45, 2.75) is 30.9 Å². The van der Waals surface area contributed by atoms with Gasteiger partial charge >= 0.3 is 0 Å². The summed E-state index contributed by atoms with van der Waals surface area (Å²) in [5.74, 6) is 0. The van der Waals surface area contributed by atoms with Crippen LogP contribution in [-0.2, 0) is 14.8 Å². The summed E-state index contributed by atoms with van der Waals surface area (Å²) >= 11 is 3.37. The van der Waals surface area contributed by atoms with Gasteiger partial charge in [0, 0.05) is 18.1 Å². The lowest BCUT2D eigenvalue weighted by atomic mass is 10.2. The van der Waals surface area contributed by atoms with Crippen LogP contribution in [0.2, 0.25) is 0 Å². The molecule has 6 heteroatoms. The number of benzene rings is 1. The minimum absolute atomic E-state index is 0.326. The van der Waals surface area contributed by atoms with Crippen LogP contribution in [-0.4, -0.2) is 32.6 Å². The van der Waals surface area contributed by atoms with Crippen molar-refractivity contribution in [2.24, 2.45) is 0 Å². The van der Waals surface area contributed by atoms with Crippen molar-refractivity contribution in [2.75, 3.05) is 13.7 Å². The lowest BCUT2D eigenvalue weighted by Crippen LogP contribution is -2.36. The van der Waals surface area contributed by atoms with Crippen LogP contribution in [0.3, 0.4) is 0 Å². The summed E-state index contributed by atoms with van der Waals surface area (Å²) in [6, 6.07) is 5.07. The molecule has 0 unspecified atom stereocenters. The SMILES string of the molecule is CO[C@H]1CCCN1S(=O)(=O)c1ccc(Br)c(C)c1. The Kier molecular flexibility index (Phi) is 4.11. The van der Waals surface area contributed by atoms with Gasteiger partial charge < -0.3 is 4.74 Å². The van der Waals surface area contributed by atoms with Gasteiger partial charge in [0.15, 0.2) is 0 Å². The molecule has 2 rings (SSSR count). The molecule has 0 aliphatic carbocycles. The molecule has 1 aromatic carbocycles. The van der Waals surface area contributed by atoms with Gasteiger partial charge in [0.2, 0.25) is 10.0 Å². The maximum absolute atomic E-state index is 12.5. The number of halogens is 1. The van der Waals surface area contributed by atoms with Crippen molar-refractivity contribution in [1.29, 1.82) is 0 Å². The molecule has 1 aromatic rings. The Balaban J connectivity index is 2.38. The quantitative estimate of drug-likeness (QED) is 0.853. The van der Waals surface area contributed by atoms with Gasteiger partial charge in [-0.3, -0.25) is 0 Å². The van der Waals surface area contributed by atoms with Crippen LogP contribution in [0.25, 0.3) is 0 Å². The van der Waals surface area contributed by atoms with Gasteiger partial charge in [0.05, 0.1) is 4.90 Å². The Morgan fingerprint density at radius 3 is 2.78 bits per heavy atom. The summed E-state index contributed by atoms with van der Waals surface area (Å²) in [6.45, 7) is 2.40. The molecule has 0 amide bonds. The molecule has 0 saturated carbocycles. The average Bonchev–Trinajstić information content (AvgIpc) is 2.81. The van der Waals surface area contributed by atoms with E-state index in [0.717, 1.165) is 22.9 Å². The van der Waals surface area contributed by atoms with Crippen LogP contribution < -0.4 is 0 Å². The highest BCUT2D eigenvalue weighted by Gasteiger charge is 2.35. The summed E-state index contributed by atoms with van der Waals surface area (Å²) < 4.78 is 32.6. The van der Waals surface area contributed by atoms with Gasteiger partial charge in [-0.05, 0) is 43.5 Å². The summed E-state index contributed by atoms with van der Waals surface area (Å²) in [4.78, 5) is 0.326. The highest BCUT2D eigenvalue weighted by atomic mass is 79.9. The van der Waals surface area contributed by atoms with E-state index in [9.17, 15) is 8.42 Å². The van der Waals surface area contributed by atoms with Gasteiger partial charge in [0.1, 0.15) is 6.23 Å². The van der Waals surface area contributed by atoms with Gasteiger partial charge in [-0.1, -0.05) is 15.9 Å². The molecule has 0 bridgehead atoms. The van der Waals surface area contributed by atoms with Crippen molar-refractivity contribution < 1.29 is 13.2 Å². The first-order chi connectivity index (χ1) is 8.46. The van der Waals surface area contributed by atoms with Crippen LogP contribution in [0.15, 0.2) is 27.6 Å². The van der Waals surface area contributed by atoms with Crippen LogP contribution in [0.5, 0.6) is 0 Å².